The number of rotatable bonds is 47. The van der Waals surface area contributed by atoms with Crippen LogP contribution in [0, 0.1) is 0 Å². The van der Waals surface area contributed by atoms with Crippen molar-refractivity contribution < 1.29 is 28.6 Å². The summed E-state index contributed by atoms with van der Waals surface area (Å²) in [6, 6.07) is 0. The van der Waals surface area contributed by atoms with E-state index in [-0.39, 0.29) is 37.5 Å². The van der Waals surface area contributed by atoms with Crippen LogP contribution in [0.1, 0.15) is 233 Å². The Morgan fingerprint density at radius 2 is 0.667 bits per heavy atom. The van der Waals surface area contributed by atoms with Crippen molar-refractivity contribution >= 4 is 17.9 Å². The van der Waals surface area contributed by atoms with Gasteiger partial charge in [-0.25, -0.2) is 0 Å². The number of ether oxygens (including phenoxy) is 3. The van der Waals surface area contributed by atoms with Gasteiger partial charge in [0.1, 0.15) is 13.2 Å². The molecule has 6 nitrogen and oxygen atoms in total. The summed E-state index contributed by atoms with van der Waals surface area (Å²) in [5.74, 6) is -0.955. The van der Waals surface area contributed by atoms with Gasteiger partial charge in [-0.15, -0.1) is 0 Å². The van der Waals surface area contributed by atoms with Gasteiger partial charge in [-0.1, -0.05) is 214 Å². The summed E-state index contributed by atoms with van der Waals surface area (Å²) in [5, 5.41) is 0. The summed E-state index contributed by atoms with van der Waals surface area (Å²) in [4.78, 5) is 38.1. The lowest BCUT2D eigenvalue weighted by Gasteiger charge is -2.18. The van der Waals surface area contributed by atoms with E-state index in [1.165, 1.54) is 77.0 Å². The monoisotopic (exact) mass is 915 g/mol. The fraction of sp³-hybridized carbons (Fsp3) is 0.650. The first kappa shape index (κ1) is 62.1. The quantitative estimate of drug-likeness (QED) is 0.0199. The molecule has 0 aliphatic carbocycles. The van der Waals surface area contributed by atoms with E-state index in [1.54, 1.807) is 0 Å². The third-order valence-corrected chi connectivity index (χ3v) is 11.1. The summed E-state index contributed by atoms with van der Waals surface area (Å²) < 4.78 is 16.8. The number of carbonyl (C=O) groups is 3. The molecule has 1 atom stereocenters. The maximum atomic E-state index is 12.8. The first-order valence-corrected chi connectivity index (χ1v) is 26.9. The van der Waals surface area contributed by atoms with E-state index >= 15 is 0 Å². The van der Waals surface area contributed by atoms with Crippen LogP contribution in [0.5, 0.6) is 0 Å². The van der Waals surface area contributed by atoms with Gasteiger partial charge in [0.15, 0.2) is 6.10 Å². The average Bonchev–Trinajstić information content (AvgIpc) is 3.31. The second kappa shape index (κ2) is 53.7. The Balaban J connectivity index is 4.48. The standard InChI is InChI=1S/C60H98O6/c1-4-7-10-13-16-19-22-25-28-30-33-35-38-41-44-47-50-53-59(62)65-56-57(55-64-58(61)52-49-46-43-40-37-34-31-27-24-21-18-15-12-9-6-3)66-60(63)54-51-48-45-42-39-36-32-29-26-23-20-17-14-11-8-5-2/h8-9,11-12,15-21,24-26,28-29,36,39,57H,4-7,10,13-14,22-23,27,30-35,37-38,40-56H2,1-3H3/b11-8-,12-9-,18-15-,19-16-,20-17-,24-21-,28-25-,29-26-,39-36-. The predicted molar refractivity (Wildman–Crippen MR) is 283 cm³/mol. The minimum atomic E-state index is -0.805. The molecule has 0 amide bonds. The zero-order valence-electron chi connectivity index (χ0n) is 42.7. The predicted octanol–water partition coefficient (Wildman–Crippen LogP) is 17.9. The fourth-order valence-corrected chi connectivity index (χ4v) is 7.05. The Morgan fingerprint density at radius 3 is 1.11 bits per heavy atom. The molecule has 0 heterocycles. The molecule has 0 aromatic heterocycles. The fourth-order valence-electron chi connectivity index (χ4n) is 7.05. The Kier molecular flexibility index (Phi) is 50.5. The van der Waals surface area contributed by atoms with Crippen LogP contribution < -0.4 is 0 Å². The molecule has 1 unspecified atom stereocenters. The molecule has 6 heteroatoms. The molecule has 0 rings (SSSR count). The van der Waals surface area contributed by atoms with Gasteiger partial charge in [0.2, 0.25) is 0 Å². The lowest BCUT2D eigenvalue weighted by Crippen LogP contribution is -2.30. The van der Waals surface area contributed by atoms with Crippen LogP contribution in [-0.4, -0.2) is 37.2 Å². The number of unbranched alkanes of at least 4 members (excludes halogenated alkanes) is 20. The van der Waals surface area contributed by atoms with Crippen LogP contribution >= 0.6 is 0 Å². The van der Waals surface area contributed by atoms with Crippen molar-refractivity contribution in [2.75, 3.05) is 13.2 Å². The molecule has 0 radical (unpaired) electrons. The van der Waals surface area contributed by atoms with E-state index in [0.29, 0.717) is 12.8 Å². The Bertz CT molecular complexity index is 1370. The van der Waals surface area contributed by atoms with Crippen molar-refractivity contribution in [3.05, 3.63) is 109 Å². The van der Waals surface area contributed by atoms with Crippen LogP contribution in [-0.2, 0) is 28.6 Å². The average molecular weight is 915 g/mol. The smallest absolute Gasteiger partial charge is 0.306 e. The third kappa shape index (κ3) is 51.1. The zero-order chi connectivity index (χ0) is 47.9. The Hall–Kier alpha value is -3.93. The largest absolute Gasteiger partial charge is 0.462 e. The number of allylic oxidation sites excluding steroid dienone is 18. The zero-order valence-corrected chi connectivity index (χ0v) is 42.7. The maximum Gasteiger partial charge on any atom is 0.306 e. The minimum absolute atomic E-state index is 0.101. The highest BCUT2D eigenvalue weighted by atomic mass is 16.6. The van der Waals surface area contributed by atoms with E-state index in [1.807, 2.05) is 0 Å². The summed E-state index contributed by atoms with van der Waals surface area (Å²) in [7, 11) is 0. The van der Waals surface area contributed by atoms with Gasteiger partial charge in [0, 0.05) is 19.3 Å². The lowest BCUT2D eigenvalue weighted by molar-refractivity contribution is -0.167. The van der Waals surface area contributed by atoms with Crippen molar-refractivity contribution in [1.82, 2.24) is 0 Å². The Morgan fingerprint density at radius 1 is 0.333 bits per heavy atom. The van der Waals surface area contributed by atoms with Crippen LogP contribution in [0.3, 0.4) is 0 Å². The molecule has 0 aromatic rings. The second-order valence-corrected chi connectivity index (χ2v) is 17.4. The maximum absolute atomic E-state index is 12.8. The van der Waals surface area contributed by atoms with Gasteiger partial charge in [0.25, 0.3) is 0 Å². The summed E-state index contributed by atoms with van der Waals surface area (Å²) in [5.41, 5.74) is 0. The summed E-state index contributed by atoms with van der Waals surface area (Å²) >= 11 is 0. The molecule has 0 saturated carbocycles. The summed E-state index contributed by atoms with van der Waals surface area (Å²) in [6.07, 6.45) is 72.1. The third-order valence-electron chi connectivity index (χ3n) is 11.1. The molecule has 374 valence electrons. The molecule has 0 saturated heterocycles. The van der Waals surface area contributed by atoms with Gasteiger partial charge < -0.3 is 14.2 Å². The molecular formula is C60H98O6. The van der Waals surface area contributed by atoms with Crippen LogP contribution in [0.2, 0.25) is 0 Å². The van der Waals surface area contributed by atoms with Crippen LogP contribution in [0.25, 0.3) is 0 Å². The van der Waals surface area contributed by atoms with Crippen molar-refractivity contribution in [3.8, 4) is 0 Å². The van der Waals surface area contributed by atoms with E-state index in [2.05, 4.69) is 130 Å². The minimum Gasteiger partial charge on any atom is -0.462 e. The molecule has 0 aliphatic heterocycles. The van der Waals surface area contributed by atoms with Crippen molar-refractivity contribution in [2.45, 2.75) is 239 Å². The van der Waals surface area contributed by atoms with Crippen LogP contribution in [0.15, 0.2) is 109 Å². The number of hydrogen-bond acceptors (Lipinski definition) is 6. The van der Waals surface area contributed by atoms with Crippen molar-refractivity contribution in [3.63, 3.8) is 0 Å². The second-order valence-electron chi connectivity index (χ2n) is 17.4. The van der Waals surface area contributed by atoms with Gasteiger partial charge in [-0.2, -0.15) is 0 Å². The van der Waals surface area contributed by atoms with E-state index < -0.39 is 6.10 Å². The van der Waals surface area contributed by atoms with Crippen LogP contribution in [0.4, 0.5) is 0 Å². The number of carbonyl (C=O) groups excluding carboxylic acids is 3. The topological polar surface area (TPSA) is 78.9 Å². The van der Waals surface area contributed by atoms with Gasteiger partial charge >= 0.3 is 17.9 Å². The molecule has 0 aliphatic rings. The first-order valence-electron chi connectivity index (χ1n) is 26.9. The molecule has 0 aromatic carbocycles. The van der Waals surface area contributed by atoms with E-state index in [0.717, 1.165) is 116 Å². The highest BCUT2D eigenvalue weighted by molar-refractivity contribution is 5.71. The normalized spacial score (nSPS) is 13.0. The van der Waals surface area contributed by atoms with Gasteiger partial charge in [0.05, 0.1) is 0 Å². The van der Waals surface area contributed by atoms with Gasteiger partial charge in [-0.3, -0.25) is 14.4 Å². The molecule has 0 spiro atoms. The Labute approximate surface area is 406 Å². The van der Waals surface area contributed by atoms with E-state index in [4.69, 9.17) is 14.2 Å². The first-order chi connectivity index (χ1) is 32.5. The number of hydrogen-bond donors (Lipinski definition) is 0. The molecule has 66 heavy (non-hydrogen) atoms. The highest BCUT2D eigenvalue weighted by Crippen LogP contribution is 2.14. The molecular weight excluding hydrogens is 817 g/mol. The lowest BCUT2D eigenvalue weighted by atomic mass is 10.1. The van der Waals surface area contributed by atoms with E-state index in [9.17, 15) is 14.4 Å². The summed E-state index contributed by atoms with van der Waals surface area (Å²) in [6.45, 7) is 6.32. The molecule has 0 bridgehead atoms. The number of esters is 3. The highest BCUT2D eigenvalue weighted by Gasteiger charge is 2.19. The SMILES string of the molecule is CC\C=C/C=C\C=C/CCCCCCCCCC(=O)OCC(COC(=O)CCCCCCCCC/C=C\C/C=C\CCCCC)OC(=O)CCCCC/C=C\C/C=C\C/C=C\C/C=C\CC. The van der Waals surface area contributed by atoms with Crippen molar-refractivity contribution in [1.29, 1.82) is 0 Å². The van der Waals surface area contributed by atoms with Crippen molar-refractivity contribution in [2.24, 2.45) is 0 Å². The molecule has 0 N–H and O–H groups in total. The van der Waals surface area contributed by atoms with Gasteiger partial charge in [-0.05, 0) is 109 Å². The molecule has 0 fully saturated rings.